The number of carbonyl (C=O) groups is 3. The largest absolute Gasteiger partial charge is 0.391 e. The SMILES string of the molecule is C=CC[C@@H](C[C@H](O)[C@H](CC(C)C)NC(=O)c1cccc(N(C)S(=O)(=O)Cc2ccccc2)c1)C(=O)N[C@@H](C)C(=O)NCc1ccccc1. The summed E-state index contributed by atoms with van der Waals surface area (Å²) in [6.07, 6.45) is 1.20. The summed E-state index contributed by atoms with van der Waals surface area (Å²) in [4.78, 5) is 39.4. The van der Waals surface area contributed by atoms with Crippen molar-refractivity contribution in [1.82, 2.24) is 16.0 Å². The van der Waals surface area contributed by atoms with E-state index in [1.54, 1.807) is 55.5 Å². The molecule has 0 bridgehead atoms. The van der Waals surface area contributed by atoms with Crippen LogP contribution < -0.4 is 20.3 Å². The molecule has 4 N–H and O–H groups in total. The zero-order valence-corrected chi connectivity index (χ0v) is 29.0. The van der Waals surface area contributed by atoms with E-state index in [4.69, 9.17) is 0 Å². The second-order valence-corrected chi connectivity index (χ2v) is 14.4. The number of hydrogen-bond acceptors (Lipinski definition) is 6. The minimum Gasteiger partial charge on any atom is -0.391 e. The van der Waals surface area contributed by atoms with Gasteiger partial charge in [-0.3, -0.25) is 18.7 Å². The van der Waals surface area contributed by atoms with E-state index in [-0.39, 0.29) is 36.0 Å². The van der Waals surface area contributed by atoms with Crippen molar-refractivity contribution in [3.63, 3.8) is 0 Å². The Balaban J connectivity index is 1.67. The third kappa shape index (κ3) is 11.6. The van der Waals surface area contributed by atoms with Gasteiger partial charge in [-0.1, -0.05) is 86.7 Å². The second-order valence-electron chi connectivity index (χ2n) is 12.4. The topological polar surface area (TPSA) is 145 Å². The molecule has 0 unspecified atom stereocenters. The highest BCUT2D eigenvalue weighted by atomic mass is 32.2. The minimum absolute atomic E-state index is 0.0222. The molecule has 0 heterocycles. The van der Waals surface area contributed by atoms with Crippen LogP contribution in [0.1, 0.15) is 61.5 Å². The van der Waals surface area contributed by atoms with Gasteiger partial charge in [0.1, 0.15) is 6.04 Å². The Hall–Kier alpha value is -4.48. The third-order valence-corrected chi connectivity index (χ3v) is 9.74. The van der Waals surface area contributed by atoms with Crippen LogP contribution in [0.2, 0.25) is 0 Å². The minimum atomic E-state index is -3.73. The highest BCUT2D eigenvalue weighted by molar-refractivity contribution is 7.92. The molecule has 0 spiro atoms. The lowest BCUT2D eigenvalue weighted by Crippen LogP contribution is -2.49. The molecule has 11 heteroatoms. The van der Waals surface area contributed by atoms with Crippen molar-refractivity contribution in [3.8, 4) is 0 Å². The van der Waals surface area contributed by atoms with Crippen LogP contribution >= 0.6 is 0 Å². The Kier molecular flexibility index (Phi) is 14.4. The average Bonchev–Trinajstić information content (AvgIpc) is 3.06. The summed E-state index contributed by atoms with van der Waals surface area (Å²) in [6.45, 7) is 9.60. The van der Waals surface area contributed by atoms with Crippen LogP contribution in [-0.2, 0) is 31.9 Å². The summed E-state index contributed by atoms with van der Waals surface area (Å²) in [5, 5.41) is 19.8. The number of amides is 3. The monoisotopic (exact) mass is 676 g/mol. The van der Waals surface area contributed by atoms with E-state index in [1.165, 1.54) is 13.1 Å². The fourth-order valence-corrected chi connectivity index (χ4v) is 6.50. The molecule has 3 amide bonds. The van der Waals surface area contributed by atoms with Gasteiger partial charge in [-0.05, 0) is 61.4 Å². The highest BCUT2D eigenvalue weighted by Gasteiger charge is 2.30. The fraction of sp³-hybridized carbons (Fsp3) is 0.378. The van der Waals surface area contributed by atoms with E-state index in [0.29, 0.717) is 24.2 Å². The molecule has 3 aromatic carbocycles. The van der Waals surface area contributed by atoms with Crippen molar-refractivity contribution in [1.29, 1.82) is 0 Å². The number of rotatable bonds is 18. The molecule has 0 radical (unpaired) electrons. The lowest BCUT2D eigenvalue weighted by Gasteiger charge is -2.29. The summed E-state index contributed by atoms with van der Waals surface area (Å²) < 4.78 is 27.4. The number of nitrogens with one attached hydrogen (secondary N) is 3. The van der Waals surface area contributed by atoms with Crippen LogP contribution in [0.15, 0.2) is 97.6 Å². The number of sulfonamides is 1. The van der Waals surface area contributed by atoms with E-state index in [2.05, 4.69) is 22.5 Å². The fourth-order valence-electron chi connectivity index (χ4n) is 5.26. The molecule has 258 valence electrons. The summed E-state index contributed by atoms with van der Waals surface area (Å²) in [6, 6.07) is 23.1. The molecule has 3 aromatic rings. The first kappa shape index (κ1) is 38.0. The summed E-state index contributed by atoms with van der Waals surface area (Å²) >= 11 is 0. The maximum absolute atomic E-state index is 13.5. The molecule has 0 aliphatic rings. The van der Waals surface area contributed by atoms with Gasteiger partial charge in [-0.2, -0.15) is 0 Å². The molecule has 0 saturated carbocycles. The summed E-state index contributed by atoms with van der Waals surface area (Å²) in [5.41, 5.74) is 2.13. The number of allylic oxidation sites excluding steroid dienone is 1. The van der Waals surface area contributed by atoms with E-state index >= 15 is 0 Å². The first-order chi connectivity index (χ1) is 22.8. The maximum atomic E-state index is 13.5. The quantitative estimate of drug-likeness (QED) is 0.146. The molecule has 10 nitrogen and oxygen atoms in total. The molecule has 0 aliphatic carbocycles. The van der Waals surface area contributed by atoms with Crippen molar-refractivity contribution in [2.75, 3.05) is 11.4 Å². The van der Waals surface area contributed by atoms with Crippen LogP contribution in [0, 0.1) is 11.8 Å². The zero-order valence-electron chi connectivity index (χ0n) is 28.1. The van der Waals surface area contributed by atoms with Crippen molar-refractivity contribution in [2.45, 2.75) is 70.5 Å². The Labute approximate surface area is 284 Å². The van der Waals surface area contributed by atoms with Crippen LogP contribution in [0.4, 0.5) is 5.69 Å². The molecule has 3 rings (SSSR count). The van der Waals surface area contributed by atoms with Crippen molar-refractivity contribution in [2.24, 2.45) is 11.8 Å². The highest BCUT2D eigenvalue weighted by Crippen LogP contribution is 2.22. The van der Waals surface area contributed by atoms with Gasteiger partial charge in [0.2, 0.25) is 21.8 Å². The van der Waals surface area contributed by atoms with E-state index in [1.807, 2.05) is 50.2 Å². The second kappa shape index (κ2) is 18.2. The standard InChI is InChI=1S/C37H48N4O6S/c1-6-14-30(36(44)39-27(4)35(43)38-24-28-15-9-7-10-16-28)23-34(42)33(21-26(2)3)40-37(45)31-19-13-20-32(22-31)41(5)48(46,47)25-29-17-11-8-12-18-29/h6-13,15-20,22,26-27,30,33-34,42H,1,14,21,23-25H2,2-5H3,(H,38,43)(H,39,44)(H,40,45)/t27-,30-,33-,34-/m0/s1. The summed E-state index contributed by atoms with van der Waals surface area (Å²) in [7, 11) is -2.28. The zero-order chi connectivity index (χ0) is 35.3. The van der Waals surface area contributed by atoms with Gasteiger partial charge >= 0.3 is 0 Å². The molecule has 0 saturated heterocycles. The number of aliphatic hydroxyl groups is 1. The van der Waals surface area contributed by atoms with Gasteiger partial charge < -0.3 is 21.1 Å². The van der Waals surface area contributed by atoms with E-state index in [9.17, 15) is 27.9 Å². The predicted molar refractivity (Wildman–Crippen MR) is 189 cm³/mol. The van der Waals surface area contributed by atoms with Crippen LogP contribution in [0.3, 0.4) is 0 Å². The smallest absolute Gasteiger partial charge is 0.251 e. The van der Waals surface area contributed by atoms with Gasteiger partial charge in [0.05, 0.1) is 23.6 Å². The van der Waals surface area contributed by atoms with Gasteiger partial charge in [0.25, 0.3) is 5.91 Å². The normalized spacial score (nSPS) is 13.9. The van der Waals surface area contributed by atoms with Crippen molar-refractivity contribution >= 4 is 33.4 Å². The Bertz CT molecular complexity index is 1620. The molecule has 0 aliphatic heterocycles. The van der Waals surface area contributed by atoms with Gasteiger partial charge in [0.15, 0.2) is 0 Å². The molecular weight excluding hydrogens is 628 g/mol. The van der Waals surface area contributed by atoms with Crippen LogP contribution in [0.25, 0.3) is 0 Å². The molecule has 48 heavy (non-hydrogen) atoms. The number of carbonyl (C=O) groups excluding carboxylic acids is 3. The van der Waals surface area contributed by atoms with Crippen LogP contribution in [-0.4, -0.2) is 56.5 Å². The number of hydrogen-bond donors (Lipinski definition) is 4. The molecule has 4 atom stereocenters. The molecule has 0 fully saturated rings. The van der Waals surface area contributed by atoms with Crippen LogP contribution in [0.5, 0.6) is 0 Å². The first-order valence-corrected chi connectivity index (χ1v) is 17.7. The van der Waals surface area contributed by atoms with Gasteiger partial charge in [-0.25, -0.2) is 8.42 Å². The lowest BCUT2D eigenvalue weighted by atomic mass is 9.89. The number of aliphatic hydroxyl groups excluding tert-OH is 1. The first-order valence-electron chi connectivity index (χ1n) is 16.1. The third-order valence-electron chi connectivity index (χ3n) is 8.00. The maximum Gasteiger partial charge on any atom is 0.251 e. The summed E-state index contributed by atoms with van der Waals surface area (Å²) in [5.74, 6) is -2.01. The lowest BCUT2D eigenvalue weighted by molar-refractivity contribution is -0.131. The Morgan fingerprint density at radius 2 is 1.48 bits per heavy atom. The number of benzene rings is 3. The Morgan fingerprint density at radius 3 is 2.08 bits per heavy atom. The van der Waals surface area contributed by atoms with E-state index < -0.39 is 45.9 Å². The van der Waals surface area contributed by atoms with Crippen molar-refractivity contribution in [3.05, 3.63) is 114 Å². The van der Waals surface area contributed by atoms with Gasteiger partial charge in [0, 0.05) is 25.1 Å². The number of anilines is 1. The van der Waals surface area contributed by atoms with Gasteiger partial charge in [-0.15, -0.1) is 6.58 Å². The van der Waals surface area contributed by atoms with Crippen molar-refractivity contribution < 1.29 is 27.9 Å². The average molecular weight is 677 g/mol. The Morgan fingerprint density at radius 1 is 0.854 bits per heavy atom. The predicted octanol–water partition coefficient (Wildman–Crippen LogP) is 4.56. The number of nitrogens with zero attached hydrogens (tertiary/aromatic N) is 1. The molecule has 0 aromatic heterocycles. The van der Waals surface area contributed by atoms with E-state index in [0.717, 1.165) is 9.87 Å². The molecular formula is C37H48N4O6S.